The van der Waals surface area contributed by atoms with Crippen molar-refractivity contribution < 1.29 is 0 Å². The average molecular weight is 323 g/mol. The third kappa shape index (κ3) is 3.51. The maximum Gasteiger partial charge on any atom is 0.184 e. The molecule has 0 bridgehead atoms. The van der Waals surface area contributed by atoms with Gasteiger partial charge in [0.2, 0.25) is 0 Å². The summed E-state index contributed by atoms with van der Waals surface area (Å²) in [6, 6.07) is 6.39. The Morgan fingerprint density at radius 3 is 2.52 bits per heavy atom. The lowest BCUT2D eigenvalue weighted by Gasteiger charge is -2.45. The Balaban J connectivity index is 1.81. The fraction of sp³-hybridized carbons (Fsp3) is 0.588. The molecule has 1 N–H and O–H groups in total. The van der Waals surface area contributed by atoms with Crippen LogP contribution >= 0.6 is 22.9 Å². The lowest BCUT2D eigenvalue weighted by Crippen LogP contribution is -2.40. The minimum absolute atomic E-state index is 0.388. The maximum atomic E-state index is 6.05. The molecule has 1 fully saturated rings. The number of anilines is 1. The van der Waals surface area contributed by atoms with Crippen LogP contribution in [0, 0.1) is 10.8 Å². The summed E-state index contributed by atoms with van der Waals surface area (Å²) in [6.45, 7) is 9.50. The summed E-state index contributed by atoms with van der Waals surface area (Å²) < 4.78 is 1.15. The first-order chi connectivity index (χ1) is 9.72. The first-order valence-electron chi connectivity index (χ1n) is 7.55. The van der Waals surface area contributed by atoms with Gasteiger partial charge in [-0.25, -0.2) is 4.98 Å². The molecule has 21 heavy (non-hydrogen) atoms. The molecule has 1 saturated carbocycles. The van der Waals surface area contributed by atoms with Crippen molar-refractivity contribution in [3.8, 4) is 0 Å². The predicted octanol–water partition coefficient (Wildman–Crippen LogP) is 5.97. The van der Waals surface area contributed by atoms with Gasteiger partial charge in [0.25, 0.3) is 0 Å². The van der Waals surface area contributed by atoms with E-state index >= 15 is 0 Å². The summed E-state index contributed by atoms with van der Waals surface area (Å²) in [7, 11) is 0. The molecule has 1 aliphatic rings. The van der Waals surface area contributed by atoms with Crippen LogP contribution < -0.4 is 5.32 Å². The first-order valence-corrected chi connectivity index (χ1v) is 8.75. The number of benzene rings is 1. The van der Waals surface area contributed by atoms with E-state index < -0.39 is 0 Å². The molecule has 3 rings (SSSR count). The minimum Gasteiger partial charge on any atom is -0.359 e. The number of nitrogens with zero attached hydrogens (tertiary/aromatic N) is 1. The van der Waals surface area contributed by atoms with Crippen molar-refractivity contribution in [2.24, 2.45) is 10.8 Å². The van der Waals surface area contributed by atoms with Crippen LogP contribution in [0.1, 0.15) is 47.0 Å². The van der Waals surface area contributed by atoms with E-state index in [-0.39, 0.29) is 0 Å². The molecular weight excluding hydrogens is 300 g/mol. The van der Waals surface area contributed by atoms with E-state index in [1.54, 1.807) is 11.3 Å². The van der Waals surface area contributed by atoms with Crippen molar-refractivity contribution in [3.05, 3.63) is 23.2 Å². The fourth-order valence-electron chi connectivity index (χ4n) is 4.08. The van der Waals surface area contributed by atoms with Crippen molar-refractivity contribution in [1.82, 2.24) is 4.98 Å². The van der Waals surface area contributed by atoms with Gasteiger partial charge < -0.3 is 5.32 Å². The van der Waals surface area contributed by atoms with Crippen LogP contribution in [0.4, 0.5) is 5.13 Å². The van der Waals surface area contributed by atoms with Crippen LogP contribution in [0.25, 0.3) is 10.2 Å². The van der Waals surface area contributed by atoms with Gasteiger partial charge >= 0.3 is 0 Å². The molecule has 0 atom stereocenters. The zero-order valence-electron chi connectivity index (χ0n) is 13.2. The highest BCUT2D eigenvalue weighted by Gasteiger charge is 2.38. The number of rotatable bonds is 2. The Hall–Kier alpha value is -0.800. The molecule has 0 saturated heterocycles. The van der Waals surface area contributed by atoms with E-state index in [2.05, 4.69) is 33.0 Å². The number of hydrogen-bond acceptors (Lipinski definition) is 3. The zero-order chi connectivity index (χ0) is 15.3. The van der Waals surface area contributed by atoms with Crippen molar-refractivity contribution in [2.45, 2.75) is 53.0 Å². The summed E-state index contributed by atoms with van der Waals surface area (Å²) >= 11 is 7.75. The van der Waals surface area contributed by atoms with Gasteiger partial charge in [-0.2, -0.15) is 0 Å². The highest BCUT2D eigenvalue weighted by Crippen LogP contribution is 2.46. The Labute approximate surface area is 135 Å². The molecule has 4 heteroatoms. The topological polar surface area (TPSA) is 24.9 Å². The van der Waals surface area contributed by atoms with Crippen LogP contribution in [-0.2, 0) is 0 Å². The number of nitrogens with one attached hydrogen (secondary N) is 1. The number of hydrogen-bond donors (Lipinski definition) is 1. The van der Waals surface area contributed by atoms with Gasteiger partial charge in [-0.05, 0) is 48.3 Å². The Bertz CT molecular complexity index is 644. The van der Waals surface area contributed by atoms with Gasteiger partial charge in [-0.1, -0.05) is 50.6 Å². The molecule has 0 unspecified atom stereocenters. The van der Waals surface area contributed by atoms with Crippen molar-refractivity contribution >= 4 is 38.3 Å². The highest BCUT2D eigenvalue weighted by atomic mass is 35.5. The number of thiazole rings is 1. The number of halogens is 1. The van der Waals surface area contributed by atoms with Crippen LogP contribution in [0.15, 0.2) is 18.2 Å². The van der Waals surface area contributed by atoms with E-state index in [0.29, 0.717) is 16.9 Å². The maximum absolute atomic E-state index is 6.05. The fourth-order valence-corrected chi connectivity index (χ4v) is 5.30. The Morgan fingerprint density at radius 2 is 1.86 bits per heavy atom. The molecular formula is C17H23ClN2S. The largest absolute Gasteiger partial charge is 0.359 e. The van der Waals surface area contributed by atoms with E-state index in [1.165, 1.54) is 19.3 Å². The van der Waals surface area contributed by atoms with E-state index in [0.717, 1.165) is 20.4 Å². The average Bonchev–Trinajstić information content (AvgIpc) is 2.65. The minimum atomic E-state index is 0.388. The van der Waals surface area contributed by atoms with Gasteiger partial charge in [-0.3, -0.25) is 0 Å². The standard InChI is InChI=1S/C17H23ClN2S/c1-16(2)8-12(9-17(3,4)10-16)19-15-20-13-6-5-11(18)7-14(13)21-15/h5-7,12H,8-10H2,1-4H3,(H,19,20). The van der Waals surface area contributed by atoms with Crippen LogP contribution in [-0.4, -0.2) is 11.0 Å². The van der Waals surface area contributed by atoms with Crippen molar-refractivity contribution in [1.29, 1.82) is 0 Å². The zero-order valence-corrected chi connectivity index (χ0v) is 14.7. The molecule has 0 radical (unpaired) electrons. The first kappa shape index (κ1) is 15.1. The highest BCUT2D eigenvalue weighted by molar-refractivity contribution is 7.22. The molecule has 1 aliphatic carbocycles. The van der Waals surface area contributed by atoms with Crippen molar-refractivity contribution in [3.63, 3.8) is 0 Å². The van der Waals surface area contributed by atoms with Gasteiger partial charge in [0.1, 0.15) is 0 Å². The molecule has 114 valence electrons. The monoisotopic (exact) mass is 322 g/mol. The lowest BCUT2D eigenvalue weighted by atomic mass is 9.63. The SMILES string of the molecule is CC1(C)CC(Nc2nc3ccc(Cl)cc3s2)CC(C)(C)C1. The van der Waals surface area contributed by atoms with Gasteiger partial charge in [0, 0.05) is 11.1 Å². The Morgan fingerprint density at radius 1 is 1.19 bits per heavy atom. The van der Waals surface area contributed by atoms with E-state index in [9.17, 15) is 0 Å². The summed E-state index contributed by atoms with van der Waals surface area (Å²) in [5.74, 6) is 0. The molecule has 2 nitrogen and oxygen atoms in total. The van der Waals surface area contributed by atoms with E-state index in [4.69, 9.17) is 16.6 Å². The molecule has 1 aromatic carbocycles. The summed E-state index contributed by atoms with van der Waals surface area (Å²) in [5.41, 5.74) is 1.81. The van der Waals surface area contributed by atoms with Gasteiger partial charge in [0.15, 0.2) is 5.13 Å². The molecule has 1 aromatic heterocycles. The summed E-state index contributed by atoms with van der Waals surface area (Å²) in [5, 5.41) is 5.46. The van der Waals surface area contributed by atoms with Crippen LogP contribution in [0.2, 0.25) is 5.02 Å². The second kappa shape index (κ2) is 5.13. The normalized spacial score (nSPS) is 21.6. The smallest absolute Gasteiger partial charge is 0.184 e. The second-order valence-corrected chi connectivity index (χ2v) is 9.35. The summed E-state index contributed by atoms with van der Waals surface area (Å²) in [6.07, 6.45) is 3.69. The summed E-state index contributed by atoms with van der Waals surface area (Å²) in [4.78, 5) is 4.69. The molecule has 1 heterocycles. The van der Waals surface area contributed by atoms with Crippen molar-refractivity contribution in [2.75, 3.05) is 5.32 Å². The van der Waals surface area contributed by atoms with Crippen LogP contribution in [0.5, 0.6) is 0 Å². The third-order valence-electron chi connectivity index (χ3n) is 4.23. The molecule has 0 spiro atoms. The second-order valence-electron chi connectivity index (χ2n) is 7.89. The molecule has 0 aliphatic heterocycles. The third-order valence-corrected chi connectivity index (χ3v) is 5.42. The van der Waals surface area contributed by atoms with Gasteiger partial charge in [-0.15, -0.1) is 0 Å². The van der Waals surface area contributed by atoms with Gasteiger partial charge in [0.05, 0.1) is 10.2 Å². The Kier molecular flexibility index (Phi) is 3.69. The number of fused-ring (bicyclic) bond motifs is 1. The number of aromatic nitrogens is 1. The lowest BCUT2D eigenvalue weighted by molar-refractivity contribution is 0.105. The quantitative estimate of drug-likeness (QED) is 0.737. The molecule has 0 amide bonds. The van der Waals surface area contributed by atoms with Crippen LogP contribution in [0.3, 0.4) is 0 Å². The molecule has 2 aromatic rings. The van der Waals surface area contributed by atoms with E-state index in [1.807, 2.05) is 18.2 Å². The predicted molar refractivity (Wildman–Crippen MR) is 93.5 cm³/mol.